The third-order valence-electron chi connectivity index (χ3n) is 6.62. The molecule has 1 amide bonds. The summed E-state index contributed by atoms with van der Waals surface area (Å²) in [4.78, 5) is 13.8. The molecule has 2 aliphatic carbocycles. The molecule has 2 saturated carbocycles. The van der Waals surface area contributed by atoms with E-state index in [1.807, 2.05) is 18.2 Å². The summed E-state index contributed by atoms with van der Waals surface area (Å²) in [5, 5.41) is 2.98. The number of amides is 1. The fraction of sp³-hybridized carbons (Fsp3) is 0.458. The molecule has 0 radical (unpaired) electrons. The number of fused-ring (bicyclic) bond motifs is 1. The molecule has 2 N–H and O–H groups in total. The van der Waals surface area contributed by atoms with Crippen LogP contribution in [0.2, 0.25) is 0 Å². The molecular formula is C24H28N2O6S. The predicted octanol–water partition coefficient (Wildman–Crippen LogP) is 3.36. The Morgan fingerprint density at radius 3 is 2.45 bits per heavy atom. The molecule has 2 aromatic carbocycles. The Morgan fingerprint density at radius 1 is 1.03 bits per heavy atom. The molecule has 0 bridgehead atoms. The highest BCUT2D eigenvalue weighted by Crippen LogP contribution is 2.45. The maximum atomic E-state index is 13.7. The van der Waals surface area contributed by atoms with Crippen LogP contribution in [0.1, 0.15) is 44.1 Å². The maximum Gasteiger partial charge on any atom is 0.240 e. The molecule has 0 saturated heterocycles. The van der Waals surface area contributed by atoms with E-state index in [1.165, 1.54) is 19.2 Å². The van der Waals surface area contributed by atoms with Gasteiger partial charge in [-0.1, -0.05) is 18.9 Å². The van der Waals surface area contributed by atoms with Crippen molar-refractivity contribution in [2.45, 2.75) is 54.9 Å². The van der Waals surface area contributed by atoms with Gasteiger partial charge in [-0.25, -0.2) is 13.1 Å². The van der Waals surface area contributed by atoms with E-state index in [1.54, 1.807) is 6.07 Å². The summed E-state index contributed by atoms with van der Waals surface area (Å²) < 4.78 is 44.9. The summed E-state index contributed by atoms with van der Waals surface area (Å²) >= 11 is 0. The molecule has 1 aliphatic heterocycles. The van der Waals surface area contributed by atoms with Gasteiger partial charge in [-0.3, -0.25) is 4.79 Å². The summed E-state index contributed by atoms with van der Waals surface area (Å²) in [6.07, 6.45) is 4.94. The number of methoxy groups -OCH3 is 1. The highest BCUT2D eigenvalue weighted by Gasteiger charge is 2.43. The van der Waals surface area contributed by atoms with E-state index in [-0.39, 0.29) is 16.8 Å². The molecule has 0 spiro atoms. The van der Waals surface area contributed by atoms with E-state index >= 15 is 0 Å². The number of ether oxygens (including phenoxy) is 3. The number of anilines is 1. The van der Waals surface area contributed by atoms with E-state index in [0.717, 1.165) is 31.2 Å². The zero-order chi connectivity index (χ0) is 23.1. The van der Waals surface area contributed by atoms with Crippen molar-refractivity contribution >= 4 is 21.6 Å². The quantitative estimate of drug-likeness (QED) is 0.641. The number of carbonyl (C=O) groups is 1. The summed E-state index contributed by atoms with van der Waals surface area (Å²) in [6, 6.07) is 10.2. The SMILES string of the molecule is COc1ccc(S(=O)(=O)NC2CC2)cc1NC(=O)C1(c2ccc3c(c2)OCCO3)CCCC1. The maximum absolute atomic E-state index is 13.7. The minimum Gasteiger partial charge on any atom is -0.495 e. The van der Waals surface area contributed by atoms with Gasteiger partial charge in [0.25, 0.3) is 0 Å². The first-order valence-corrected chi connectivity index (χ1v) is 12.8. The van der Waals surface area contributed by atoms with Crippen molar-refractivity contribution in [2.75, 3.05) is 25.6 Å². The lowest BCUT2D eigenvalue weighted by Gasteiger charge is -2.30. The van der Waals surface area contributed by atoms with E-state index in [4.69, 9.17) is 14.2 Å². The molecule has 0 aromatic heterocycles. The van der Waals surface area contributed by atoms with E-state index in [2.05, 4.69) is 10.0 Å². The second-order valence-electron chi connectivity index (χ2n) is 8.86. The lowest BCUT2D eigenvalue weighted by molar-refractivity contribution is -0.121. The number of hydrogen-bond donors (Lipinski definition) is 2. The van der Waals surface area contributed by atoms with Crippen LogP contribution in [0.5, 0.6) is 17.2 Å². The molecule has 3 aliphatic rings. The van der Waals surface area contributed by atoms with Crippen molar-refractivity contribution in [3.8, 4) is 17.2 Å². The van der Waals surface area contributed by atoms with Gasteiger partial charge in [-0.2, -0.15) is 0 Å². The zero-order valence-corrected chi connectivity index (χ0v) is 19.4. The van der Waals surface area contributed by atoms with E-state index < -0.39 is 15.4 Å². The Kier molecular flexibility index (Phi) is 5.70. The Balaban J connectivity index is 1.46. The first kappa shape index (κ1) is 22.0. The highest BCUT2D eigenvalue weighted by atomic mass is 32.2. The Labute approximate surface area is 193 Å². The zero-order valence-electron chi connectivity index (χ0n) is 18.6. The van der Waals surface area contributed by atoms with Gasteiger partial charge in [-0.05, 0) is 61.6 Å². The fourth-order valence-corrected chi connectivity index (χ4v) is 5.98. The summed E-state index contributed by atoms with van der Waals surface area (Å²) in [7, 11) is -2.17. The molecule has 5 rings (SSSR count). The van der Waals surface area contributed by atoms with Crippen LogP contribution in [0.4, 0.5) is 5.69 Å². The van der Waals surface area contributed by atoms with Gasteiger partial charge >= 0.3 is 0 Å². The predicted molar refractivity (Wildman–Crippen MR) is 123 cm³/mol. The average molecular weight is 473 g/mol. The van der Waals surface area contributed by atoms with Gasteiger partial charge in [0.1, 0.15) is 19.0 Å². The van der Waals surface area contributed by atoms with Gasteiger partial charge in [0.2, 0.25) is 15.9 Å². The van der Waals surface area contributed by atoms with Crippen molar-refractivity contribution in [3.63, 3.8) is 0 Å². The number of nitrogens with one attached hydrogen (secondary N) is 2. The van der Waals surface area contributed by atoms with Gasteiger partial charge in [0.15, 0.2) is 11.5 Å². The van der Waals surface area contributed by atoms with Crippen molar-refractivity contribution in [1.29, 1.82) is 0 Å². The second-order valence-corrected chi connectivity index (χ2v) is 10.6. The van der Waals surface area contributed by atoms with Crippen molar-refractivity contribution in [2.24, 2.45) is 0 Å². The van der Waals surface area contributed by atoms with Crippen molar-refractivity contribution < 1.29 is 27.4 Å². The summed E-state index contributed by atoms with van der Waals surface area (Å²) in [5.41, 5.74) is 0.479. The third-order valence-corrected chi connectivity index (χ3v) is 8.13. The fourth-order valence-electron chi connectivity index (χ4n) is 4.65. The molecule has 2 fully saturated rings. The molecule has 1 heterocycles. The van der Waals surface area contributed by atoms with Crippen LogP contribution >= 0.6 is 0 Å². The van der Waals surface area contributed by atoms with Crippen LogP contribution in [0.3, 0.4) is 0 Å². The molecular weight excluding hydrogens is 444 g/mol. The van der Waals surface area contributed by atoms with Gasteiger partial charge in [0.05, 0.1) is 23.1 Å². The van der Waals surface area contributed by atoms with Crippen LogP contribution in [-0.4, -0.2) is 40.7 Å². The number of carbonyl (C=O) groups excluding carboxylic acids is 1. The van der Waals surface area contributed by atoms with Gasteiger partial charge < -0.3 is 19.5 Å². The normalized spacial score (nSPS) is 19.2. The van der Waals surface area contributed by atoms with Crippen molar-refractivity contribution in [1.82, 2.24) is 4.72 Å². The van der Waals surface area contributed by atoms with Crippen LogP contribution in [0, 0.1) is 0 Å². The average Bonchev–Trinajstić information content (AvgIpc) is 3.48. The molecule has 176 valence electrons. The number of sulfonamides is 1. The molecule has 0 unspecified atom stereocenters. The summed E-state index contributed by atoms with van der Waals surface area (Å²) in [6.45, 7) is 0.982. The van der Waals surface area contributed by atoms with Crippen LogP contribution in [0.25, 0.3) is 0 Å². The van der Waals surface area contributed by atoms with Crippen LogP contribution in [-0.2, 0) is 20.2 Å². The molecule has 2 aromatic rings. The molecule has 0 atom stereocenters. The topological polar surface area (TPSA) is 103 Å². The molecule has 9 heteroatoms. The van der Waals surface area contributed by atoms with Crippen LogP contribution in [0.15, 0.2) is 41.3 Å². The Bertz CT molecular complexity index is 1170. The number of hydrogen-bond acceptors (Lipinski definition) is 6. The molecule has 33 heavy (non-hydrogen) atoms. The Hall–Kier alpha value is -2.78. The first-order valence-electron chi connectivity index (χ1n) is 11.3. The van der Waals surface area contributed by atoms with E-state index in [9.17, 15) is 13.2 Å². The minimum atomic E-state index is -3.66. The second kappa shape index (κ2) is 8.53. The number of benzene rings is 2. The van der Waals surface area contributed by atoms with E-state index in [0.29, 0.717) is 49.0 Å². The minimum absolute atomic E-state index is 0.00731. The van der Waals surface area contributed by atoms with Gasteiger partial charge in [0, 0.05) is 6.04 Å². The standard InChI is InChI=1S/C24H28N2O6S/c1-30-20-9-7-18(33(28,29)26-17-5-6-17)15-19(20)25-23(27)24(10-2-3-11-24)16-4-8-21-22(14-16)32-13-12-31-21/h4,7-9,14-15,17,26H,2-3,5-6,10-13H2,1H3,(H,25,27). The summed E-state index contributed by atoms with van der Waals surface area (Å²) in [5.74, 6) is 1.56. The lowest BCUT2D eigenvalue weighted by Crippen LogP contribution is -2.38. The lowest BCUT2D eigenvalue weighted by atomic mass is 9.77. The largest absolute Gasteiger partial charge is 0.495 e. The molecule has 8 nitrogen and oxygen atoms in total. The number of rotatable bonds is 7. The van der Waals surface area contributed by atoms with Crippen molar-refractivity contribution in [3.05, 3.63) is 42.0 Å². The monoisotopic (exact) mass is 472 g/mol. The Morgan fingerprint density at radius 2 is 1.76 bits per heavy atom. The van der Waals surface area contributed by atoms with Gasteiger partial charge in [-0.15, -0.1) is 0 Å². The smallest absolute Gasteiger partial charge is 0.240 e. The van der Waals surface area contributed by atoms with Crippen LogP contribution < -0.4 is 24.2 Å². The third kappa shape index (κ3) is 4.27. The first-order chi connectivity index (χ1) is 15.9. The highest BCUT2D eigenvalue weighted by molar-refractivity contribution is 7.89.